The molecule has 2 heterocycles. The largest absolute Gasteiger partial charge is 0.494 e. The number of hydrogen-bond acceptors (Lipinski definition) is 6. The Balaban J connectivity index is 1.29. The standard InChI is InChI=1S/C26H27ClN4O4S/c1-2-15-34-20-8-5-18(6-9-20)24(32)29-26(36)28-19-7-10-22(21(27)17-19)30-11-13-31(14-12-30)25(33)23-4-3-16-35-23/h3-10,16-17H,2,11-15H2,1H3,(H2,28,29,32,36). The Morgan fingerprint density at radius 1 is 1.08 bits per heavy atom. The number of benzene rings is 2. The highest BCUT2D eigenvalue weighted by Crippen LogP contribution is 2.30. The van der Waals surface area contributed by atoms with E-state index in [1.54, 1.807) is 47.4 Å². The van der Waals surface area contributed by atoms with E-state index in [4.69, 9.17) is 33.0 Å². The summed E-state index contributed by atoms with van der Waals surface area (Å²) in [5, 5.41) is 6.38. The number of hydrogen-bond donors (Lipinski definition) is 2. The lowest BCUT2D eigenvalue weighted by atomic mass is 10.2. The number of thiocarbonyl (C=S) groups is 1. The molecule has 0 unspecified atom stereocenters. The predicted molar refractivity (Wildman–Crippen MR) is 144 cm³/mol. The Kier molecular flexibility index (Phi) is 8.45. The van der Waals surface area contributed by atoms with Crippen molar-refractivity contribution in [3.8, 4) is 5.75 Å². The zero-order chi connectivity index (χ0) is 25.5. The van der Waals surface area contributed by atoms with Crippen LogP contribution in [0.3, 0.4) is 0 Å². The SMILES string of the molecule is CCCOc1ccc(C(=O)NC(=S)Nc2ccc(N3CCN(C(=O)c4ccco4)CC3)c(Cl)c2)cc1. The summed E-state index contributed by atoms with van der Waals surface area (Å²) in [5.74, 6) is 0.633. The van der Waals surface area contributed by atoms with Gasteiger partial charge in [-0.2, -0.15) is 0 Å². The van der Waals surface area contributed by atoms with E-state index in [2.05, 4.69) is 15.5 Å². The summed E-state index contributed by atoms with van der Waals surface area (Å²) >= 11 is 11.9. The zero-order valence-electron chi connectivity index (χ0n) is 19.8. The Hall–Kier alpha value is -3.56. The van der Waals surface area contributed by atoms with E-state index in [9.17, 15) is 9.59 Å². The third-order valence-corrected chi connectivity index (χ3v) is 6.17. The lowest BCUT2D eigenvalue weighted by molar-refractivity contribution is 0.0714. The molecule has 2 N–H and O–H groups in total. The van der Waals surface area contributed by atoms with Crippen LogP contribution in [-0.4, -0.2) is 54.6 Å². The van der Waals surface area contributed by atoms with Gasteiger partial charge in [0.05, 0.1) is 23.6 Å². The number of anilines is 2. The van der Waals surface area contributed by atoms with E-state index >= 15 is 0 Å². The molecule has 8 nitrogen and oxygen atoms in total. The fraction of sp³-hybridized carbons (Fsp3) is 0.269. The van der Waals surface area contributed by atoms with E-state index in [1.807, 2.05) is 19.1 Å². The summed E-state index contributed by atoms with van der Waals surface area (Å²) in [6, 6.07) is 15.8. The molecule has 0 radical (unpaired) electrons. The van der Waals surface area contributed by atoms with Crippen molar-refractivity contribution in [1.29, 1.82) is 0 Å². The number of halogens is 1. The number of carbonyl (C=O) groups excluding carboxylic acids is 2. The van der Waals surface area contributed by atoms with Gasteiger partial charge in [0, 0.05) is 37.4 Å². The Labute approximate surface area is 220 Å². The average molecular weight is 527 g/mol. The molecule has 10 heteroatoms. The van der Waals surface area contributed by atoms with Crippen molar-refractivity contribution in [2.45, 2.75) is 13.3 Å². The summed E-state index contributed by atoms with van der Waals surface area (Å²) in [7, 11) is 0. The van der Waals surface area contributed by atoms with Crippen molar-refractivity contribution in [3.05, 3.63) is 77.2 Å². The number of piperazine rings is 1. The summed E-state index contributed by atoms with van der Waals surface area (Å²) in [5.41, 5.74) is 2.00. The quantitative estimate of drug-likeness (QED) is 0.427. The highest BCUT2D eigenvalue weighted by atomic mass is 35.5. The first-order valence-electron chi connectivity index (χ1n) is 11.7. The van der Waals surface area contributed by atoms with E-state index in [0.717, 1.165) is 17.9 Å². The van der Waals surface area contributed by atoms with Crippen LogP contribution in [0, 0.1) is 0 Å². The molecule has 0 aliphatic carbocycles. The molecule has 1 aromatic heterocycles. The topological polar surface area (TPSA) is 87.0 Å². The third-order valence-electron chi connectivity index (χ3n) is 5.66. The van der Waals surface area contributed by atoms with Gasteiger partial charge in [-0.05, 0) is 73.2 Å². The van der Waals surface area contributed by atoms with Crippen LogP contribution < -0.4 is 20.3 Å². The minimum absolute atomic E-state index is 0.110. The molecule has 1 aliphatic rings. The minimum Gasteiger partial charge on any atom is -0.494 e. The van der Waals surface area contributed by atoms with Gasteiger partial charge in [-0.25, -0.2) is 0 Å². The molecule has 4 rings (SSSR count). The molecule has 0 spiro atoms. The second-order valence-corrected chi connectivity index (χ2v) is 9.02. The molecular weight excluding hydrogens is 500 g/mol. The molecule has 3 aromatic rings. The summed E-state index contributed by atoms with van der Waals surface area (Å²) in [6.45, 7) is 5.09. The van der Waals surface area contributed by atoms with Gasteiger partial charge in [0.1, 0.15) is 5.75 Å². The second-order valence-electron chi connectivity index (χ2n) is 8.20. The van der Waals surface area contributed by atoms with Gasteiger partial charge in [-0.1, -0.05) is 18.5 Å². The summed E-state index contributed by atoms with van der Waals surface area (Å²) in [6.07, 6.45) is 2.41. The van der Waals surface area contributed by atoms with Crippen LogP contribution in [0.25, 0.3) is 0 Å². The van der Waals surface area contributed by atoms with Crippen LogP contribution in [0.1, 0.15) is 34.3 Å². The smallest absolute Gasteiger partial charge is 0.289 e. The first-order chi connectivity index (χ1) is 17.4. The van der Waals surface area contributed by atoms with Crippen LogP contribution in [0.2, 0.25) is 5.02 Å². The van der Waals surface area contributed by atoms with Crippen molar-refractivity contribution in [2.24, 2.45) is 0 Å². The van der Waals surface area contributed by atoms with Gasteiger partial charge in [0.15, 0.2) is 10.9 Å². The predicted octanol–water partition coefficient (Wildman–Crippen LogP) is 4.81. The van der Waals surface area contributed by atoms with Gasteiger partial charge in [-0.3, -0.25) is 14.9 Å². The normalized spacial score (nSPS) is 13.3. The highest BCUT2D eigenvalue weighted by Gasteiger charge is 2.24. The highest BCUT2D eigenvalue weighted by molar-refractivity contribution is 7.80. The molecule has 0 atom stereocenters. The molecule has 36 heavy (non-hydrogen) atoms. The summed E-state index contributed by atoms with van der Waals surface area (Å²) in [4.78, 5) is 28.9. The fourth-order valence-electron chi connectivity index (χ4n) is 3.81. The molecule has 188 valence electrons. The number of furan rings is 1. The second kappa shape index (κ2) is 11.9. The fourth-order valence-corrected chi connectivity index (χ4v) is 4.32. The van der Waals surface area contributed by atoms with Gasteiger partial charge in [-0.15, -0.1) is 0 Å². The zero-order valence-corrected chi connectivity index (χ0v) is 21.4. The molecule has 0 bridgehead atoms. The van der Waals surface area contributed by atoms with Crippen molar-refractivity contribution in [1.82, 2.24) is 10.2 Å². The maximum Gasteiger partial charge on any atom is 0.289 e. The van der Waals surface area contributed by atoms with Crippen LogP contribution in [-0.2, 0) is 0 Å². The molecule has 2 amide bonds. The van der Waals surface area contributed by atoms with E-state index in [1.165, 1.54) is 6.26 Å². The van der Waals surface area contributed by atoms with E-state index < -0.39 is 0 Å². The maximum atomic E-state index is 12.5. The molecule has 1 fully saturated rings. The van der Waals surface area contributed by atoms with Gasteiger partial charge < -0.3 is 24.3 Å². The van der Waals surface area contributed by atoms with Crippen molar-refractivity contribution < 1.29 is 18.7 Å². The molecular formula is C26H27ClN4O4S. The first-order valence-corrected chi connectivity index (χ1v) is 12.5. The Bertz CT molecular complexity index is 1210. The van der Waals surface area contributed by atoms with Crippen molar-refractivity contribution in [3.63, 3.8) is 0 Å². The monoisotopic (exact) mass is 526 g/mol. The van der Waals surface area contributed by atoms with E-state index in [-0.39, 0.29) is 16.9 Å². The molecule has 1 aliphatic heterocycles. The Morgan fingerprint density at radius 3 is 2.47 bits per heavy atom. The number of nitrogens with zero attached hydrogens (tertiary/aromatic N) is 2. The molecule has 2 aromatic carbocycles. The average Bonchev–Trinajstić information content (AvgIpc) is 3.43. The van der Waals surface area contributed by atoms with Gasteiger partial charge in [0.25, 0.3) is 11.8 Å². The van der Waals surface area contributed by atoms with Crippen LogP contribution in [0.4, 0.5) is 11.4 Å². The number of rotatable bonds is 7. The number of amides is 2. The lowest BCUT2D eigenvalue weighted by Crippen LogP contribution is -2.48. The van der Waals surface area contributed by atoms with Crippen LogP contribution in [0.5, 0.6) is 5.75 Å². The van der Waals surface area contributed by atoms with Crippen LogP contribution in [0.15, 0.2) is 65.3 Å². The van der Waals surface area contributed by atoms with E-state index in [0.29, 0.717) is 54.8 Å². The van der Waals surface area contributed by atoms with Gasteiger partial charge >= 0.3 is 0 Å². The minimum atomic E-state index is -0.320. The van der Waals surface area contributed by atoms with Gasteiger partial charge in [0.2, 0.25) is 0 Å². The first kappa shape index (κ1) is 25.5. The van der Waals surface area contributed by atoms with Crippen molar-refractivity contribution in [2.75, 3.05) is 43.0 Å². The lowest BCUT2D eigenvalue weighted by Gasteiger charge is -2.36. The Morgan fingerprint density at radius 2 is 1.83 bits per heavy atom. The third kappa shape index (κ3) is 6.35. The summed E-state index contributed by atoms with van der Waals surface area (Å²) < 4.78 is 10.8. The number of nitrogens with one attached hydrogen (secondary N) is 2. The molecule has 0 saturated carbocycles. The maximum absolute atomic E-state index is 12.5. The number of carbonyl (C=O) groups is 2. The number of ether oxygens (including phenoxy) is 1. The molecule has 1 saturated heterocycles. The van der Waals surface area contributed by atoms with Crippen molar-refractivity contribution >= 4 is 52.1 Å². The van der Waals surface area contributed by atoms with Crippen LogP contribution >= 0.6 is 23.8 Å².